The van der Waals surface area contributed by atoms with E-state index in [1.54, 1.807) is 24.4 Å². The quantitative estimate of drug-likeness (QED) is 0.564. The standard InChI is InChI=1S/C15H9BrCl2N2O/c16-10-4-5-11(13(18)12(10)17)20-15(21)9-3-1-2-8-6-7-19-14(8)9/h1-7,19H,(H,20,21). The number of carbonyl (C=O) groups is 1. The Kier molecular flexibility index (Phi) is 3.93. The van der Waals surface area contributed by atoms with Gasteiger partial charge >= 0.3 is 0 Å². The van der Waals surface area contributed by atoms with E-state index in [4.69, 9.17) is 23.2 Å². The lowest BCUT2D eigenvalue weighted by atomic mass is 10.1. The first-order valence-corrected chi connectivity index (χ1v) is 7.64. The average molecular weight is 384 g/mol. The van der Waals surface area contributed by atoms with E-state index in [1.165, 1.54) is 0 Å². The SMILES string of the molecule is O=C(Nc1ccc(Br)c(Cl)c1Cl)c1cccc2cc[nH]c12. The van der Waals surface area contributed by atoms with E-state index in [9.17, 15) is 4.79 Å². The molecule has 0 aliphatic heterocycles. The maximum absolute atomic E-state index is 12.4. The number of carbonyl (C=O) groups excluding carboxylic acids is 1. The fourth-order valence-corrected chi connectivity index (χ4v) is 2.91. The highest BCUT2D eigenvalue weighted by Crippen LogP contribution is 2.36. The van der Waals surface area contributed by atoms with Gasteiger partial charge in [-0.2, -0.15) is 0 Å². The average Bonchev–Trinajstić information content (AvgIpc) is 2.96. The minimum Gasteiger partial charge on any atom is -0.361 e. The molecular weight excluding hydrogens is 375 g/mol. The molecule has 3 aromatic rings. The van der Waals surface area contributed by atoms with Crippen molar-refractivity contribution in [2.24, 2.45) is 0 Å². The van der Waals surface area contributed by atoms with Crippen molar-refractivity contribution >= 4 is 61.6 Å². The van der Waals surface area contributed by atoms with Gasteiger partial charge < -0.3 is 10.3 Å². The molecule has 1 aromatic heterocycles. The van der Waals surface area contributed by atoms with Gasteiger partial charge in [0.25, 0.3) is 5.91 Å². The van der Waals surface area contributed by atoms with Crippen molar-refractivity contribution in [3.8, 4) is 0 Å². The Hall–Kier alpha value is -1.49. The summed E-state index contributed by atoms with van der Waals surface area (Å²) in [4.78, 5) is 15.5. The van der Waals surface area contributed by atoms with Crippen LogP contribution in [0, 0.1) is 0 Å². The maximum atomic E-state index is 12.4. The monoisotopic (exact) mass is 382 g/mol. The molecule has 6 heteroatoms. The smallest absolute Gasteiger partial charge is 0.257 e. The molecule has 3 rings (SSSR count). The summed E-state index contributed by atoms with van der Waals surface area (Å²) in [6.07, 6.45) is 1.80. The van der Waals surface area contributed by atoms with E-state index in [0.29, 0.717) is 25.8 Å². The number of para-hydroxylation sites is 1. The van der Waals surface area contributed by atoms with Crippen molar-refractivity contribution in [3.05, 3.63) is 62.7 Å². The summed E-state index contributed by atoms with van der Waals surface area (Å²) in [6.45, 7) is 0. The third-order valence-electron chi connectivity index (χ3n) is 3.12. The largest absolute Gasteiger partial charge is 0.361 e. The second kappa shape index (κ2) is 5.72. The number of fused-ring (bicyclic) bond motifs is 1. The van der Waals surface area contributed by atoms with Crippen LogP contribution in [0.2, 0.25) is 10.0 Å². The van der Waals surface area contributed by atoms with Crippen molar-refractivity contribution in [3.63, 3.8) is 0 Å². The Morgan fingerprint density at radius 1 is 1.10 bits per heavy atom. The van der Waals surface area contributed by atoms with Crippen LogP contribution in [0.5, 0.6) is 0 Å². The van der Waals surface area contributed by atoms with E-state index in [2.05, 4.69) is 26.2 Å². The van der Waals surface area contributed by atoms with Crippen molar-refractivity contribution < 1.29 is 4.79 Å². The van der Waals surface area contributed by atoms with Crippen LogP contribution in [0.15, 0.2) is 47.1 Å². The molecule has 3 nitrogen and oxygen atoms in total. The molecule has 0 spiro atoms. The van der Waals surface area contributed by atoms with Gasteiger partial charge in [0.15, 0.2) is 0 Å². The lowest BCUT2D eigenvalue weighted by Crippen LogP contribution is -2.12. The van der Waals surface area contributed by atoms with Crippen LogP contribution < -0.4 is 5.32 Å². The summed E-state index contributed by atoms with van der Waals surface area (Å²) in [5.74, 6) is -0.247. The Balaban J connectivity index is 1.97. The number of H-pyrrole nitrogens is 1. The lowest BCUT2D eigenvalue weighted by Gasteiger charge is -2.10. The highest BCUT2D eigenvalue weighted by Gasteiger charge is 2.14. The number of anilines is 1. The van der Waals surface area contributed by atoms with Crippen LogP contribution in [-0.4, -0.2) is 10.9 Å². The van der Waals surface area contributed by atoms with E-state index in [-0.39, 0.29) is 5.91 Å². The molecule has 0 aliphatic carbocycles. The molecule has 0 saturated carbocycles. The Morgan fingerprint density at radius 2 is 1.90 bits per heavy atom. The van der Waals surface area contributed by atoms with E-state index < -0.39 is 0 Å². The van der Waals surface area contributed by atoms with E-state index in [1.807, 2.05) is 18.2 Å². The van der Waals surface area contributed by atoms with Gasteiger partial charge in [0.05, 0.1) is 26.8 Å². The highest BCUT2D eigenvalue weighted by molar-refractivity contribution is 9.10. The van der Waals surface area contributed by atoms with Gasteiger partial charge in [-0.05, 0) is 40.2 Å². The molecular formula is C15H9BrCl2N2O. The molecule has 2 aromatic carbocycles. The third kappa shape index (κ3) is 2.67. The normalized spacial score (nSPS) is 10.8. The fraction of sp³-hybridized carbons (Fsp3) is 0. The van der Waals surface area contributed by atoms with Gasteiger partial charge in [0.2, 0.25) is 0 Å². The summed E-state index contributed by atoms with van der Waals surface area (Å²) in [5.41, 5.74) is 1.81. The number of amides is 1. The highest BCUT2D eigenvalue weighted by atomic mass is 79.9. The molecule has 0 saturated heterocycles. The summed E-state index contributed by atoms with van der Waals surface area (Å²) in [5, 5.41) is 4.43. The zero-order chi connectivity index (χ0) is 15.0. The molecule has 2 N–H and O–H groups in total. The van der Waals surface area contributed by atoms with Gasteiger partial charge in [0.1, 0.15) is 0 Å². The fourth-order valence-electron chi connectivity index (χ4n) is 2.09. The molecule has 0 unspecified atom stereocenters. The number of halogens is 3. The second-order valence-corrected chi connectivity index (χ2v) is 6.03. The lowest BCUT2D eigenvalue weighted by molar-refractivity contribution is 0.102. The predicted octanol–water partition coefficient (Wildman–Crippen LogP) is 5.49. The molecule has 106 valence electrons. The first kappa shape index (κ1) is 14.4. The van der Waals surface area contributed by atoms with Gasteiger partial charge in [-0.1, -0.05) is 35.3 Å². The molecule has 1 heterocycles. The summed E-state index contributed by atoms with van der Waals surface area (Å²) < 4.78 is 0.679. The van der Waals surface area contributed by atoms with Crippen LogP contribution in [0.25, 0.3) is 10.9 Å². The van der Waals surface area contributed by atoms with Gasteiger partial charge in [-0.3, -0.25) is 4.79 Å². The third-order valence-corrected chi connectivity index (χ3v) is 4.89. The number of hydrogen-bond acceptors (Lipinski definition) is 1. The number of aromatic nitrogens is 1. The molecule has 21 heavy (non-hydrogen) atoms. The van der Waals surface area contributed by atoms with Crippen LogP contribution in [-0.2, 0) is 0 Å². The molecule has 0 radical (unpaired) electrons. The molecule has 0 fully saturated rings. The summed E-state index contributed by atoms with van der Waals surface area (Å²) in [6, 6.07) is 10.9. The van der Waals surface area contributed by atoms with Crippen LogP contribution in [0.3, 0.4) is 0 Å². The van der Waals surface area contributed by atoms with Crippen molar-refractivity contribution in [1.82, 2.24) is 4.98 Å². The Labute approximate surface area is 139 Å². The summed E-state index contributed by atoms with van der Waals surface area (Å²) in [7, 11) is 0. The van der Waals surface area contributed by atoms with Gasteiger partial charge in [0, 0.05) is 16.1 Å². The van der Waals surface area contributed by atoms with Gasteiger partial charge in [-0.15, -0.1) is 0 Å². The first-order chi connectivity index (χ1) is 10.1. The number of aromatic amines is 1. The minimum absolute atomic E-state index is 0.247. The topological polar surface area (TPSA) is 44.9 Å². The number of nitrogens with one attached hydrogen (secondary N) is 2. The first-order valence-electron chi connectivity index (χ1n) is 6.09. The predicted molar refractivity (Wildman–Crippen MR) is 90.4 cm³/mol. The van der Waals surface area contributed by atoms with Gasteiger partial charge in [-0.25, -0.2) is 0 Å². The minimum atomic E-state index is -0.247. The number of rotatable bonds is 2. The number of benzene rings is 2. The van der Waals surface area contributed by atoms with Crippen LogP contribution >= 0.6 is 39.1 Å². The second-order valence-electron chi connectivity index (χ2n) is 4.42. The van der Waals surface area contributed by atoms with E-state index >= 15 is 0 Å². The van der Waals surface area contributed by atoms with E-state index in [0.717, 1.165) is 10.9 Å². The van der Waals surface area contributed by atoms with Crippen LogP contribution in [0.1, 0.15) is 10.4 Å². The van der Waals surface area contributed by atoms with Crippen molar-refractivity contribution in [2.75, 3.05) is 5.32 Å². The molecule has 0 atom stereocenters. The van der Waals surface area contributed by atoms with Crippen LogP contribution in [0.4, 0.5) is 5.69 Å². The zero-order valence-electron chi connectivity index (χ0n) is 10.6. The Bertz CT molecular complexity index is 845. The van der Waals surface area contributed by atoms with Crippen molar-refractivity contribution in [2.45, 2.75) is 0 Å². The number of hydrogen-bond donors (Lipinski definition) is 2. The zero-order valence-corrected chi connectivity index (χ0v) is 13.7. The Morgan fingerprint density at radius 3 is 2.71 bits per heavy atom. The molecule has 0 aliphatic rings. The summed E-state index contributed by atoms with van der Waals surface area (Å²) >= 11 is 15.5. The van der Waals surface area contributed by atoms with Crippen molar-refractivity contribution in [1.29, 1.82) is 0 Å². The maximum Gasteiger partial charge on any atom is 0.257 e. The molecule has 1 amide bonds. The molecule has 0 bridgehead atoms.